The molecule has 0 spiro atoms. The zero-order valence-electron chi connectivity index (χ0n) is 26.4. The summed E-state index contributed by atoms with van der Waals surface area (Å²) in [4.78, 5) is 50.8. The minimum absolute atomic E-state index is 0. The van der Waals surface area contributed by atoms with Crippen molar-refractivity contribution in [2.75, 3.05) is 31.3 Å². The molecular formula is C32H39Cl2F2N7O4. The Kier molecular flexibility index (Phi) is 12.2. The SMILES string of the molecule is CNC(C)C(=O)NC(C(=O)N1CCCC1C(=O)Nc1cc2c(Nc3ccc(F)c(Cl)c3F)ncnc2cc1OC)C1CCCCC1.Cl. The number of hydrogen-bond acceptors (Lipinski definition) is 8. The topological polar surface area (TPSA) is 138 Å². The third-order valence-electron chi connectivity index (χ3n) is 8.85. The maximum absolute atomic E-state index is 14.7. The molecule has 1 aliphatic carbocycles. The number of fused-ring (bicyclic) bond motifs is 1. The Labute approximate surface area is 283 Å². The summed E-state index contributed by atoms with van der Waals surface area (Å²) in [7, 11) is 3.13. The van der Waals surface area contributed by atoms with Gasteiger partial charge in [-0.2, -0.15) is 0 Å². The van der Waals surface area contributed by atoms with Crippen molar-refractivity contribution < 1.29 is 27.9 Å². The lowest BCUT2D eigenvalue weighted by Gasteiger charge is -2.35. The Morgan fingerprint density at radius 3 is 2.49 bits per heavy atom. The van der Waals surface area contributed by atoms with Crippen molar-refractivity contribution in [2.45, 2.75) is 70.0 Å². The van der Waals surface area contributed by atoms with Gasteiger partial charge in [-0.3, -0.25) is 14.4 Å². The molecule has 11 nitrogen and oxygen atoms in total. The lowest BCUT2D eigenvalue weighted by atomic mass is 9.83. The fourth-order valence-corrected chi connectivity index (χ4v) is 6.32. The van der Waals surface area contributed by atoms with Gasteiger partial charge < -0.3 is 30.9 Å². The van der Waals surface area contributed by atoms with E-state index >= 15 is 0 Å². The van der Waals surface area contributed by atoms with E-state index in [1.165, 1.54) is 19.5 Å². The molecule has 254 valence electrons. The highest BCUT2D eigenvalue weighted by Gasteiger charge is 2.41. The van der Waals surface area contributed by atoms with E-state index in [-0.39, 0.29) is 47.3 Å². The van der Waals surface area contributed by atoms with Gasteiger partial charge in [-0.05, 0) is 63.8 Å². The molecule has 3 amide bonds. The number of likely N-dealkylation sites (tertiary alicyclic amines) is 1. The summed E-state index contributed by atoms with van der Waals surface area (Å²) in [6, 6.07) is 3.45. The summed E-state index contributed by atoms with van der Waals surface area (Å²) in [6.07, 6.45) is 7.07. The third kappa shape index (κ3) is 7.85. The first-order valence-corrected chi connectivity index (χ1v) is 15.8. The summed E-state index contributed by atoms with van der Waals surface area (Å²) in [5.74, 6) is -2.33. The number of carbonyl (C=O) groups excluding carboxylic acids is 3. The second kappa shape index (κ2) is 15.9. The number of nitrogens with zero attached hydrogens (tertiary/aromatic N) is 3. The summed E-state index contributed by atoms with van der Waals surface area (Å²) < 4.78 is 34.0. The number of ether oxygens (including phenoxy) is 1. The molecule has 5 rings (SSSR count). The highest BCUT2D eigenvalue weighted by Crippen LogP contribution is 2.36. The van der Waals surface area contributed by atoms with Gasteiger partial charge in [-0.15, -0.1) is 12.4 Å². The van der Waals surface area contributed by atoms with Crippen LogP contribution in [0.1, 0.15) is 51.9 Å². The number of methoxy groups -OCH3 is 1. The molecule has 1 aromatic heterocycles. The van der Waals surface area contributed by atoms with Crippen LogP contribution in [0.4, 0.5) is 26.0 Å². The standard InChI is InChI=1S/C32H38ClF2N7O4.ClH/c1-17(36-2)30(43)41-28(18-8-5-4-6-9-18)32(45)42-13-7-10-24(42)31(44)40-23-14-19-22(15-25(23)46-3)37-16-38-29(19)39-21-12-11-20(34)26(33)27(21)35;/h11-12,14-18,24,28,36H,4-10,13H2,1-3H3,(H,40,44)(H,41,43)(H,37,38,39);1H. The molecule has 2 aliphatic rings. The van der Waals surface area contributed by atoms with Crippen LogP contribution in [0.5, 0.6) is 5.75 Å². The number of anilines is 3. The number of amides is 3. The molecule has 3 atom stereocenters. The average molecular weight is 695 g/mol. The predicted molar refractivity (Wildman–Crippen MR) is 178 cm³/mol. The Morgan fingerprint density at radius 1 is 1.04 bits per heavy atom. The molecule has 2 heterocycles. The van der Waals surface area contributed by atoms with Crippen molar-refractivity contribution in [2.24, 2.45) is 5.92 Å². The monoisotopic (exact) mass is 693 g/mol. The fraction of sp³-hybridized carbons (Fsp3) is 0.469. The predicted octanol–water partition coefficient (Wildman–Crippen LogP) is 5.34. The van der Waals surface area contributed by atoms with Gasteiger partial charge in [0.2, 0.25) is 17.7 Å². The first-order chi connectivity index (χ1) is 22.1. The Hall–Kier alpha value is -3.81. The lowest BCUT2D eigenvalue weighted by molar-refractivity contribution is -0.142. The van der Waals surface area contributed by atoms with Gasteiger partial charge in [-0.1, -0.05) is 30.9 Å². The minimum Gasteiger partial charge on any atom is -0.494 e. The summed E-state index contributed by atoms with van der Waals surface area (Å²) >= 11 is 5.76. The highest BCUT2D eigenvalue weighted by molar-refractivity contribution is 6.31. The van der Waals surface area contributed by atoms with Crippen molar-refractivity contribution in [3.05, 3.63) is 47.2 Å². The summed E-state index contributed by atoms with van der Waals surface area (Å²) in [5.41, 5.74) is 0.617. The molecule has 1 aliphatic heterocycles. The zero-order chi connectivity index (χ0) is 33.0. The number of nitrogens with one attached hydrogen (secondary N) is 4. The number of halogens is 4. The number of carbonyl (C=O) groups is 3. The molecule has 2 fully saturated rings. The molecule has 0 radical (unpaired) electrons. The highest BCUT2D eigenvalue weighted by atomic mass is 35.5. The van der Waals surface area contributed by atoms with Crippen molar-refractivity contribution in [3.8, 4) is 5.75 Å². The fourth-order valence-electron chi connectivity index (χ4n) is 6.16. The van der Waals surface area contributed by atoms with Crippen LogP contribution in [-0.4, -0.2) is 71.4 Å². The van der Waals surface area contributed by atoms with Crippen molar-refractivity contribution >= 4 is 69.8 Å². The Morgan fingerprint density at radius 2 is 1.79 bits per heavy atom. The first kappa shape index (κ1) is 36.0. The average Bonchev–Trinajstić information content (AvgIpc) is 3.57. The molecule has 47 heavy (non-hydrogen) atoms. The number of rotatable bonds is 10. The molecule has 3 unspecified atom stereocenters. The van der Waals surface area contributed by atoms with Gasteiger partial charge >= 0.3 is 0 Å². The van der Waals surface area contributed by atoms with Gasteiger partial charge in [0, 0.05) is 18.0 Å². The molecule has 2 aromatic carbocycles. The molecule has 1 saturated heterocycles. The van der Waals surface area contributed by atoms with E-state index in [2.05, 4.69) is 31.2 Å². The van der Waals surface area contributed by atoms with Gasteiger partial charge in [0.05, 0.1) is 30.0 Å². The third-order valence-corrected chi connectivity index (χ3v) is 9.20. The van der Waals surface area contributed by atoms with Crippen molar-refractivity contribution in [1.29, 1.82) is 0 Å². The minimum atomic E-state index is -0.982. The van der Waals surface area contributed by atoms with E-state index in [1.807, 2.05) is 0 Å². The van der Waals surface area contributed by atoms with E-state index in [0.29, 0.717) is 36.0 Å². The zero-order valence-corrected chi connectivity index (χ0v) is 27.9. The van der Waals surface area contributed by atoms with Crippen molar-refractivity contribution in [3.63, 3.8) is 0 Å². The van der Waals surface area contributed by atoms with Crippen molar-refractivity contribution in [1.82, 2.24) is 25.5 Å². The van der Waals surface area contributed by atoms with Gasteiger partial charge in [0.25, 0.3) is 0 Å². The van der Waals surface area contributed by atoms with Gasteiger partial charge in [0.1, 0.15) is 40.8 Å². The normalized spacial score (nSPS) is 17.8. The summed E-state index contributed by atoms with van der Waals surface area (Å²) in [5, 5.41) is 11.4. The Balaban J connectivity index is 0.00000500. The largest absolute Gasteiger partial charge is 0.494 e. The molecule has 1 saturated carbocycles. The van der Waals surface area contributed by atoms with Crippen LogP contribution in [0.15, 0.2) is 30.6 Å². The van der Waals surface area contributed by atoms with E-state index in [1.54, 1.807) is 31.0 Å². The molecular weight excluding hydrogens is 655 g/mol. The number of likely N-dealkylation sites (N-methyl/N-ethyl adjacent to an activating group) is 1. The van der Waals surface area contributed by atoms with Crippen LogP contribution in [0.25, 0.3) is 10.9 Å². The van der Waals surface area contributed by atoms with Gasteiger partial charge in [0.15, 0.2) is 5.82 Å². The van der Waals surface area contributed by atoms with E-state index in [0.717, 1.165) is 38.2 Å². The van der Waals surface area contributed by atoms with Crippen LogP contribution in [-0.2, 0) is 14.4 Å². The summed E-state index contributed by atoms with van der Waals surface area (Å²) in [6.45, 7) is 2.12. The Bertz CT molecular complexity index is 1630. The maximum Gasteiger partial charge on any atom is 0.247 e. The van der Waals surface area contributed by atoms with Crippen LogP contribution in [0, 0.1) is 17.6 Å². The second-order valence-corrected chi connectivity index (χ2v) is 12.1. The van der Waals surface area contributed by atoms with Crippen LogP contribution in [0.3, 0.4) is 0 Å². The van der Waals surface area contributed by atoms with Gasteiger partial charge in [-0.25, -0.2) is 18.7 Å². The smallest absolute Gasteiger partial charge is 0.247 e. The number of aromatic nitrogens is 2. The molecule has 4 N–H and O–H groups in total. The first-order valence-electron chi connectivity index (χ1n) is 15.4. The van der Waals surface area contributed by atoms with Crippen LogP contribution >= 0.6 is 24.0 Å². The quantitative estimate of drug-likeness (QED) is 0.209. The van der Waals surface area contributed by atoms with Crippen LogP contribution < -0.4 is 26.0 Å². The second-order valence-electron chi connectivity index (χ2n) is 11.7. The van der Waals surface area contributed by atoms with E-state index in [9.17, 15) is 23.2 Å². The molecule has 15 heteroatoms. The maximum atomic E-state index is 14.7. The molecule has 3 aromatic rings. The number of hydrogen-bond donors (Lipinski definition) is 4. The number of benzene rings is 2. The van der Waals surface area contributed by atoms with E-state index in [4.69, 9.17) is 16.3 Å². The van der Waals surface area contributed by atoms with E-state index < -0.39 is 40.7 Å². The van der Waals surface area contributed by atoms with Crippen LogP contribution in [0.2, 0.25) is 5.02 Å². The molecule has 0 bridgehead atoms. The lowest BCUT2D eigenvalue weighted by Crippen LogP contribution is -2.57.